The van der Waals surface area contributed by atoms with Crippen LogP contribution >= 0.6 is 45.1 Å². The van der Waals surface area contributed by atoms with E-state index in [1.165, 1.54) is 30.8 Å². The molecule has 0 saturated carbocycles. The first-order chi connectivity index (χ1) is 38.3. The van der Waals surface area contributed by atoms with Gasteiger partial charge in [0.2, 0.25) is 0 Å². The SMILES string of the molecule is CN1C(=O)C23CC4(C5=CCc6ccccc65)c5ccccc5N(S(=O)(=O)c5ccccc5)C4N2C(=O)C1SS3.CN1C(=O)C23CC4(c5c[nH]c6ccccc56)c5ccccc5N(c5ccccc5)C4N2C(=O)C1SCS3.O=S=O. The van der Waals surface area contributed by atoms with E-state index < -0.39 is 59.1 Å². The van der Waals surface area contributed by atoms with E-state index in [1.54, 1.807) is 77.8 Å². The third kappa shape index (κ3) is 6.56. The van der Waals surface area contributed by atoms with E-state index in [9.17, 15) is 27.6 Å². The van der Waals surface area contributed by atoms with Crippen LogP contribution in [0.5, 0.6) is 0 Å². The Hall–Kier alpha value is -6.75. The lowest BCUT2D eigenvalue weighted by molar-refractivity contribution is -0.158. The van der Waals surface area contributed by atoms with E-state index in [-0.39, 0.29) is 34.7 Å². The molecule has 8 unspecified atom stereocenters. The summed E-state index contributed by atoms with van der Waals surface area (Å²) in [7, 11) is 2.16. The molecule has 11 heterocycles. The fraction of sp³-hybridized carbons (Fsp3) is 0.241. The number of carbonyl (C=O) groups excluding carboxylic acids is 4. The highest BCUT2D eigenvalue weighted by atomic mass is 33.1. The number of para-hydroxylation sites is 4. The molecule has 4 amide bonds. The van der Waals surface area contributed by atoms with Gasteiger partial charge in [0, 0.05) is 60.5 Å². The van der Waals surface area contributed by atoms with Gasteiger partial charge >= 0.3 is 11.6 Å². The maximum atomic E-state index is 14.5. The van der Waals surface area contributed by atoms with E-state index in [4.69, 9.17) is 8.42 Å². The molecule has 8 fully saturated rings. The predicted molar refractivity (Wildman–Crippen MR) is 310 cm³/mol. The first-order valence-corrected chi connectivity index (χ1v) is 31.9. The number of carbonyl (C=O) groups is 4. The number of allylic oxidation sites excluding steroid dienone is 1. The number of amides is 4. The normalized spacial score (nSPS) is 29.2. The number of thioether (sulfide) groups is 2. The van der Waals surface area contributed by atoms with Crippen molar-refractivity contribution in [1.29, 1.82) is 0 Å². The summed E-state index contributed by atoms with van der Waals surface area (Å²) in [6, 6.07) is 51.2. The van der Waals surface area contributed by atoms with E-state index >= 15 is 0 Å². The third-order valence-corrected chi connectivity index (χ3v) is 25.2. The average molecular weight is 1160 g/mol. The lowest BCUT2D eigenvalue weighted by atomic mass is 9.70. The minimum absolute atomic E-state index is 0.0255. The number of piperazine rings is 2. The summed E-state index contributed by atoms with van der Waals surface area (Å²) in [6.45, 7) is 0. The van der Waals surface area contributed by atoms with Crippen LogP contribution in [-0.4, -0.2) is 117 Å². The Morgan fingerprint density at radius 3 is 1.96 bits per heavy atom. The van der Waals surface area contributed by atoms with Crippen molar-refractivity contribution < 1.29 is 36.0 Å². The number of sulfonamides is 1. The fourth-order valence-corrected chi connectivity index (χ4v) is 22.6. The smallest absolute Gasteiger partial charge is 0.335 e. The number of rotatable bonds is 5. The minimum atomic E-state index is -4.11. The molecule has 8 atom stereocenters. The predicted octanol–water partition coefficient (Wildman–Crippen LogP) is 8.65. The van der Waals surface area contributed by atoms with Gasteiger partial charge in [-0.1, -0.05) is 143 Å². The number of likely N-dealkylation sites (N-methyl/N-ethyl adjacent to an activating group) is 2. The largest absolute Gasteiger partial charge is 0.361 e. The molecule has 15 nitrogen and oxygen atoms in total. The molecular formula is C58H47N7O8S6. The lowest BCUT2D eigenvalue weighted by Crippen LogP contribution is -2.72. The number of aromatic amines is 1. The number of aromatic nitrogens is 1. The number of hydrogen-bond donors (Lipinski definition) is 1. The number of fused-ring (bicyclic) bond motifs is 13. The minimum Gasteiger partial charge on any atom is -0.361 e. The fourth-order valence-electron chi connectivity index (χ4n) is 14.3. The van der Waals surface area contributed by atoms with Gasteiger partial charge in [-0.15, -0.1) is 23.5 Å². The molecule has 1 aromatic heterocycles. The van der Waals surface area contributed by atoms with Crippen molar-refractivity contribution in [2.24, 2.45) is 0 Å². The van der Waals surface area contributed by atoms with Crippen LogP contribution < -0.4 is 9.21 Å². The third-order valence-electron chi connectivity index (χ3n) is 17.3. The van der Waals surface area contributed by atoms with Gasteiger partial charge in [0.25, 0.3) is 33.7 Å². The van der Waals surface area contributed by atoms with E-state index in [1.807, 2.05) is 65.6 Å². The Balaban J connectivity index is 0.000000136. The van der Waals surface area contributed by atoms with Gasteiger partial charge in [-0.25, -0.2) is 12.7 Å². The summed E-state index contributed by atoms with van der Waals surface area (Å²) in [5.41, 5.74) is 8.53. The molecule has 8 saturated heterocycles. The highest BCUT2D eigenvalue weighted by Gasteiger charge is 2.78. The molecule has 79 heavy (non-hydrogen) atoms. The average Bonchev–Trinajstić information content (AvgIpc) is 2.35. The quantitative estimate of drug-likeness (QED) is 0.163. The summed E-state index contributed by atoms with van der Waals surface area (Å²) in [5, 5.41) is 0.631. The topological polar surface area (TPSA) is 172 Å². The van der Waals surface area contributed by atoms with Crippen molar-refractivity contribution in [1.82, 2.24) is 24.6 Å². The van der Waals surface area contributed by atoms with Crippen LogP contribution in [0.4, 0.5) is 17.1 Å². The summed E-state index contributed by atoms with van der Waals surface area (Å²) < 4.78 is 47.1. The molecule has 6 aromatic carbocycles. The van der Waals surface area contributed by atoms with Crippen molar-refractivity contribution in [3.05, 3.63) is 198 Å². The van der Waals surface area contributed by atoms with Gasteiger partial charge in [-0.2, -0.15) is 8.42 Å². The van der Waals surface area contributed by atoms with Crippen LogP contribution in [0.15, 0.2) is 175 Å². The summed E-state index contributed by atoms with van der Waals surface area (Å²) in [6.07, 6.45) is 4.53. The van der Waals surface area contributed by atoms with Gasteiger partial charge in [-0.3, -0.25) is 29.0 Å². The lowest BCUT2D eigenvalue weighted by Gasteiger charge is -2.53. The van der Waals surface area contributed by atoms with Crippen LogP contribution in [0.25, 0.3) is 16.5 Å². The molecule has 398 valence electrons. The van der Waals surface area contributed by atoms with Crippen LogP contribution in [0.3, 0.4) is 0 Å². The number of hydrogen-bond acceptors (Lipinski definition) is 13. The molecule has 21 heteroatoms. The van der Waals surface area contributed by atoms with E-state index in [0.29, 0.717) is 30.0 Å². The molecular weight excluding hydrogens is 1120 g/mol. The highest BCUT2D eigenvalue weighted by Crippen LogP contribution is 2.72. The molecule has 0 radical (unpaired) electrons. The molecule has 1 aliphatic carbocycles. The van der Waals surface area contributed by atoms with E-state index in [0.717, 1.165) is 55.7 Å². The van der Waals surface area contributed by atoms with Crippen molar-refractivity contribution >= 4 is 124 Å². The molecule has 18 rings (SSSR count). The number of nitrogens with one attached hydrogen (secondary N) is 1. The van der Waals surface area contributed by atoms with Gasteiger partial charge in [-0.05, 0) is 82.3 Å². The Morgan fingerprint density at radius 2 is 1.20 bits per heavy atom. The second-order valence-electron chi connectivity index (χ2n) is 20.8. The first kappa shape index (κ1) is 50.5. The Morgan fingerprint density at radius 1 is 0.620 bits per heavy atom. The van der Waals surface area contributed by atoms with Crippen LogP contribution in [0, 0.1) is 0 Å². The summed E-state index contributed by atoms with van der Waals surface area (Å²) in [4.78, 5) is 67.3. The number of benzene rings is 6. The first-order valence-electron chi connectivity index (χ1n) is 25.5. The number of H-pyrrole nitrogens is 1. The number of nitrogens with zero attached hydrogens (tertiary/aromatic N) is 6. The zero-order valence-corrected chi connectivity index (χ0v) is 47.1. The van der Waals surface area contributed by atoms with Gasteiger partial charge < -0.3 is 19.7 Å². The standard InChI is InChI=1S/C29H24N4O2S2.C29H23N3O4S3.O2S/c1-31-25-24(34)33-26-28(16-29(33,27(31)35)37-17-36-25,21-15-30-22-13-7-5-11-19(21)22)20-12-6-8-14-23(20)32(26)18-9-3-2-4-10-18;1-30-25-24(33)31-26-28(17-29(31,27(30)34)38-37-25,21-16-15-18-9-5-6-12-20(18)21)22-13-7-8-14-23(22)32(26)39(35,36)19-10-3-2-4-11-19;1-3-2/h2-15,25-26,30H,16-17H2,1H3;2-14,16,25-26H,15,17H2,1H3;. The Kier molecular flexibility index (Phi) is 11.6. The molecule has 10 aliphatic heterocycles. The number of anilines is 3. The van der Waals surface area contributed by atoms with Crippen molar-refractivity contribution in [3.63, 3.8) is 0 Å². The van der Waals surface area contributed by atoms with Crippen LogP contribution in [0.2, 0.25) is 0 Å². The van der Waals surface area contributed by atoms with Gasteiger partial charge in [0.05, 0.1) is 21.4 Å². The maximum absolute atomic E-state index is 14.5. The molecule has 7 aromatic rings. The van der Waals surface area contributed by atoms with Crippen LogP contribution in [-0.2, 0) is 58.0 Å². The van der Waals surface area contributed by atoms with Gasteiger partial charge in [0.1, 0.15) is 12.3 Å². The summed E-state index contributed by atoms with van der Waals surface area (Å²) in [5.74, 6) is -0.310. The molecule has 1 N–H and O–H groups in total. The Labute approximate surface area is 475 Å². The zero-order valence-electron chi connectivity index (χ0n) is 42.2. The maximum Gasteiger partial charge on any atom is 0.335 e. The summed E-state index contributed by atoms with van der Waals surface area (Å²) >= 11 is 2.44. The van der Waals surface area contributed by atoms with Crippen LogP contribution in [0.1, 0.15) is 40.7 Å². The van der Waals surface area contributed by atoms with Crippen molar-refractivity contribution in [2.75, 3.05) is 28.4 Å². The van der Waals surface area contributed by atoms with Crippen molar-refractivity contribution in [3.8, 4) is 0 Å². The monoisotopic (exact) mass is 1160 g/mol. The van der Waals surface area contributed by atoms with Gasteiger partial charge in [0.15, 0.2) is 20.5 Å². The highest BCUT2D eigenvalue weighted by molar-refractivity contribution is 8.78. The second-order valence-corrected chi connectivity index (χ2v) is 28.0. The Bertz CT molecular complexity index is 3960. The molecule has 2 spiro atoms. The van der Waals surface area contributed by atoms with Crippen molar-refractivity contribution in [2.45, 2.75) is 67.8 Å². The zero-order chi connectivity index (χ0) is 54.4. The molecule has 11 aliphatic rings. The second kappa shape index (κ2) is 18.1. The molecule has 4 bridgehead atoms. The van der Waals surface area contributed by atoms with E-state index in [2.05, 4.69) is 88.9 Å².